The maximum atomic E-state index is 13.2. The molecular weight excluding hydrogens is 213 g/mol. The molecule has 1 rings (SSSR count). The average Bonchev–Trinajstić information content (AvgIpc) is 2.28. The third-order valence-corrected chi connectivity index (χ3v) is 2.23. The van der Waals surface area contributed by atoms with Gasteiger partial charge in [-0.15, -0.1) is 0 Å². The van der Waals surface area contributed by atoms with E-state index in [0.29, 0.717) is 5.56 Å². The van der Waals surface area contributed by atoms with E-state index in [1.165, 1.54) is 12.1 Å². The molecule has 6 heteroatoms. The zero-order valence-electron chi connectivity index (χ0n) is 8.71. The molecule has 1 aromatic carbocycles. The highest BCUT2D eigenvalue weighted by molar-refractivity contribution is 5.25. The minimum Gasteiger partial charge on any atom is -0.390 e. The second-order valence-electron chi connectivity index (χ2n) is 3.43. The summed E-state index contributed by atoms with van der Waals surface area (Å²) >= 11 is 0. The number of aliphatic hydroxyl groups excluding tert-OH is 2. The smallest absolute Gasteiger partial charge is 0.126 e. The molecule has 2 N–H and O–H groups in total. The number of hydrogen-bond acceptors (Lipinski definition) is 3. The van der Waals surface area contributed by atoms with E-state index in [4.69, 9.17) is 5.53 Å². The number of rotatable bonds is 4. The Bertz CT molecular complexity index is 419. The van der Waals surface area contributed by atoms with Crippen molar-refractivity contribution in [2.75, 3.05) is 6.54 Å². The van der Waals surface area contributed by atoms with Crippen LogP contribution in [0, 0.1) is 12.7 Å². The molecule has 0 aliphatic heterocycles. The molecule has 0 saturated heterocycles. The van der Waals surface area contributed by atoms with E-state index in [9.17, 15) is 14.6 Å². The predicted molar refractivity (Wildman–Crippen MR) is 56.1 cm³/mol. The SMILES string of the molecule is Cc1ccc(C(O)C(O)CN=[N+]=[N-])cc1F. The van der Waals surface area contributed by atoms with Gasteiger partial charge in [0.05, 0.1) is 12.6 Å². The van der Waals surface area contributed by atoms with Crippen LogP contribution in [0.15, 0.2) is 23.3 Å². The first-order valence-corrected chi connectivity index (χ1v) is 4.69. The third-order valence-electron chi connectivity index (χ3n) is 2.23. The summed E-state index contributed by atoms with van der Waals surface area (Å²) in [6, 6.07) is 4.18. The summed E-state index contributed by atoms with van der Waals surface area (Å²) in [6.07, 6.45) is -2.50. The molecule has 0 spiro atoms. The molecule has 0 amide bonds. The van der Waals surface area contributed by atoms with E-state index in [-0.39, 0.29) is 12.1 Å². The average molecular weight is 225 g/mol. The van der Waals surface area contributed by atoms with Crippen LogP contribution in [0.5, 0.6) is 0 Å². The molecule has 1 aromatic rings. The Morgan fingerprint density at radius 1 is 1.50 bits per heavy atom. The fourth-order valence-corrected chi connectivity index (χ4v) is 1.24. The molecule has 0 aliphatic carbocycles. The fourth-order valence-electron chi connectivity index (χ4n) is 1.24. The lowest BCUT2D eigenvalue weighted by molar-refractivity contribution is 0.0242. The van der Waals surface area contributed by atoms with Crippen LogP contribution < -0.4 is 0 Å². The van der Waals surface area contributed by atoms with Crippen molar-refractivity contribution in [2.45, 2.75) is 19.1 Å². The molecule has 5 nitrogen and oxygen atoms in total. The van der Waals surface area contributed by atoms with E-state index in [0.717, 1.165) is 6.07 Å². The molecule has 0 aliphatic rings. The van der Waals surface area contributed by atoms with E-state index >= 15 is 0 Å². The summed E-state index contributed by atoms with van der Waals surface area (Å²) < 4.78 is 13.2. The van der Waals surface area contributed by atoms with Crippen molar-refractivity contribution >= 4 is 0 Å². The van der Waals surface area contributed by atoms with E-state index in [1.807, 2.05) is 0 Å². The summed E-state index contributed by atoms with van der Waals surface area (Å²) in [4.78, 5) is 2.46. The number of halogens is 1. The largest absolute Gasteiger partial charge is 0.390 e. The van der Waals surface area contributed by atoms with Crippen LogP contribution >= 0.6 is 0 Å². The van der Waals surface area contributed by atoms with E-state index in [1.54, 1.807) is 6.92 Å². The fraction of sp³-hybridized carbons (Fsp3) is 0.400. The maximum Gasteiger partial charge on any atom is 0.126 e. The molecule has 2 unspecified atom stereocenters. The van der Waals surface area contributed by atoms with E-state index in [2.05, 4.69) is 10.0 Å². The molecule has 0 radical (unpaired) electrons. The lowest BCUT2D eigenvalue weighted by Gasteiger charge is -2.16. The number of aliphatic hydroxyl groups is 2. The minimum absolute atomic E-state index is 0.253. The van der Waals surface area contributed by atoms with Crippen molar-refractivity contribution in [3.63, 3.8) is 0 Å². The van der Waals surface area contributed by atoms with Gasteiger partial charge in [0.25, 0.3) is 0 Å². The topological polar surface area (TPSA) is 89.2 Å². The zero-order valence-corrected chi connectivity index (χ0v) is 8.71. The monoisotopic (exact) mass is 225 g/mol. The molecule has 0 saturated carbocycles. The lowest BCUT2D eigenvalue weighted by atomic mass is 10.0. The van der Waals surface area contributed by atoms with Crippen molar-refractivity contribution in [3.05, 3.63) is 45.6 Å². The van der Waals surface area contributed by atoms with Crippen LogP contribution in [-0.4, -0.2) is 22.9 Å². The van der Waals surface area contributed by atoms with Crippen LogP contribution in [0.25, 0.3) is 10.4 Å². The van der Waals surface area contributed by atoms with Crippen LogP contribution in [-0.2, 0) is 0 Å². The molecule has 0 aromatic heterocycles. The Morgan fingerprint density at radius 3 is 2.75 bits per heavy atom. The molecular formula is C10H12FN3O2. The predicted octanol–water partition coefficient (Wildman–Crippen LogP) is 1.84. The van der Waals surface area contributed by atoms with Crippen molar-refractivity contribution in [2.24, 2.45) is 5.11 Å². The first-order valence-electron chi connectivity index (χ1n) is 4.69. The van der Waals surface area contributed by atoms with Crippen molar-refractivity contribution in [3.8, 4) is 0 Å². The Morgan fingerprint density at radius 2 is 2.19 bits per heavy atom. The van der Waals surface area contributed by atoms with Gasteiger partial charge in [0.1, 0.15) is 11.9 Å². The summed E-state index contributed by atoms with van der Waals surface area (Å²) in [5.74, 6) is -0.451. The third kappa shape index (κ3) is 2.93. The van der Waals surface area contributed by atoms with Crippen LogP contribution in [0.2, 0.25) is 0 Å². The molecule has 0 fully saturated rings. The van der Waals surface area contributed by atoms with Crippen LogP contribution in [0.3, 0.4) is 0 Å². The van der Waals surface area contributed by atoms with Crippen LogP contribution in [0.1, 0.15) is 17.2 Å². The van der Waals surface area contributed by atoms with E-state index < -0.39 is 18.0 Å². The number of azide groups is 1. The number of nitrogens with zero attached hydrogens (tertiary/aromatic N) is 3. The maximum absolute atomic E-state index is 13.2. The Hall–Kier alpha value is -1.62. The van der Waals surface area contributed by atoms with Gasteiger partial charge in [-0.2, -0.15) is 0 Å². The molecule has 16 heavy (non-hydrogen) atoms. The first kappa shape index (κ1) is 12.4. The zero-order chi connectivity index (χ0) is 12.1. The summed E-state index contributed by atoms with van der Waals surface area (Å²) in [6.45, 7) is 1.34. The number of aryl methyl sites for hydroxylation is 1. The van der Waals surface area contributed by atoms with Gasteiger partial charge in [-0.3, -0.25) is 0 Å². The highest BCUT2D eigenvalue weighted by atomic mass is 19.1. The summed E-state index contributed by atoms with van der Waals surface area (Å²) in [5.41, 5.74) is 8.77. The molecule has 2 atom stereocenters. The second-order valence-corrected chi connectivity index (χ2v) is 3.43. The normalized spacial score (nSPS) is 14.0. The van der Waals surface area contributed by atoms with Crippen LogP contribution in [0.4, 0.5) is 4.39 Å². The Kier molecular flexibility index (Phi) is 4.25. The van der Waals surface area contributed by atoms with Gasteiger partial charge in [0.15, 0.2) is 0 Å². The molecule has 0 heterocycles. The van der Waals surface area contributed by atoms with Gasteiger partial charge in [0.2, 0.25) is 0 Å². The number of benzene rings is 1. The highest BCUT2D eigenvalue weighted by Crippen LogP contribution is 2.19. The van der Waals surface area contributed by atoms with Crippen molar-refractivity contribution < 1.29 is 14.6 Å². The second kappa shape index (κ2) is 5.46. The van der Waals surface area contributed by atoms with Crippen molar-refractivity contribution in [1.82, 2.24) is 0 Å². The van der Waals surface area contributed by atoms with Crippen molar-refractivity contribution in [1.29, 1.82) is 0 Å². The highest BCUT2D eigenvalue weighted by Gasteiger charge is 2.18. The molecule has 86 valence electrons. The van der Waals surface area contributed by atoms with Gasteiger partial charge in [0, 0.05) is 4.91 Å². The Labute approximate surface area is 91.8 Å². The van der Waals surface area contributed by atoms with Gasteiger partial charge in [-0.05, 0) is 29.6 Å². The number of hydrogen-bond donors (Lipinski definition) is 2. The standard InChI is InChI=1S/C10H12FN3O2/c1-6-2-3-7(4-8(6)11)10(16)9(15)5-13-14-12/h2-4,9-10,15-16H,5H2,1H3. The van der Waals surface area contributed by atoms with Gasteiger partial charge < -0.3 is 10.2 Å². The lowest BCUT2D eigenvalue weighted by Crippen LogP contribution is -2.21. The van der Waals surface area contributed by atoms with Gasteiger partial charge in [-0.1, -0.05) is 17.2 Å². The molecule has 0 bridgehead atoms. The minimum atomic E-state index is -1.26. The summed E-state index contributed by atoms with van der Waals surface area (Å²) in [7, 11) is 0. The van der Waals surface area contributed by atoms with Gasteiger partial charge in [-0.25, -0.2) is 4.39 Å². The quantitative estimate of drug-likeness (QED) is 0.465. The van der Waals surface area contributed by atoms with Gasteiger partial charge >= 0.3 is 0 Å². The first-order chi connectivity index (χ1) is 7.56. The summed E-state index contributed by atoms with van der Waals surface area (Å²) in [5, 5.41) is 22.2. The Balaban J connectivity index is 2.82.